The lowest BCUT2D eigenvalue weighted by atomic mass is 9.91. The van der Waals surface area contributed by atoms with Crippen molar-refractivity contribution in [1.82, 2.24) is 4.90 Å². The number of halogens is 1. The van der Waals surface area contributed by atoms with E-state index in [1.165, 1.54) is 17.4 Å². The van der Waals surface area contributed by atoms with Crippen LogP contribution in [0.1, 0.15) is 23.0 Å². The van der Waals surface area contributed by atoms with Crippen molar-refractivity contribution in [3.05, 3.63) is 35.0 Å². The molecular weight excluding hydrogens is 265 g/mol. The van der Waals surface area contributed by atoms with E-state index in [9.17, 15) is 14.3 Å². The molecule has 3 rings (SSSR count). The van der Waals surface area contributed by atoms with Crippen LogP contribution in [-0.2, 0) is 0 Å². The van der Waals surface area contributed by atoms with Crippen molar-refractivity contribution in [3.8, 4) is 0 Å². The summed E-state index contributed by atoms with van der Waals surface area (Å²) in [5, 5.41) is 10.4. The SMILES string of the molecule is CCC1(O)CN(C(=O)c2cc3c(F)cccc3s2)C1. The molecule has 1 saturated heterocycles. The zero-order chi connectivity index (χ0) is 13.6. The topological polar surface area (TPSA) is 40.5 Å². The maximum absolute atomic E-state index is 13.6. The van der Waals surface area contributed by atoms with Gasteiger partial charge >= 0.3 is 0 Å². The van der Waals surface area contributed by atoms with Crippen LogP contribution in [0.25, 0.3) is 10.1 Å². The number of rotatable bonds is 2. The van der Waals surface area contributed by atoms with Crippen LogP contribution < -0.4 is 0 Å². The standard InChI is InChI=1S/C14H14FNO2S/c1-2-14(18)7-16(8-14)13(17)12-6-9-10(15)4-3-5-11(9)19-12/h3-6,18H,2,7-8H2,1H3. The van der Waals surface area contributed by atoms with Gasteiger partial charge in [0.2, 0.25) is 0 Å². The molecule has 1 aliphatic heterocycles. The van der Waals surface area contributed by atoms with Crippen LogP contribution in [0.2, 0.25) is 0 Å². The first-order valence-corrected chi connectivity index (χ1v) is 7.04. The Morgan fingerprint density at radius 2 is 2.26 bits per heavy atom. The molecule has 0 radical (unpaired) electrons. The Labute approximate surface area is 114 Å². The Balaban J connectivity index is 1.85. The van der Waals surface area contributed by atoms with Gasteiger partial charge in [-0.05, 0) is 24.6 Å². The summed E-state index contributed by atoms with van der Waals surface area (Å²) in [5.41, 5.74) is -0.738. The summed E-state index contributed by atoms with van der Waals surface area (Å²) in [5.74, 6) is -0.430. The summed E-state index contributed by atoms with van der Waals surface area (Å²) in [6, 6.07) is 6.43. The van der Waals surface area contributed by atoms with Crippen molar-refractivity contribution < 1.29 is 14.3 Å². The van der Waals surface area contributed by atoms with Gasteiger partial charge in [0.15, 0.2) is 0 Å². The van der Waals surface area contributed by atoms with E-state index in [0.717, 1.165) is 4.70 Å². The van der Waals surface area contributed by atoms with E-state index in [2.05, 4.69) is 0 Å². The summed E-state index contributed by atoms with van der Waals surface area (Å²) in [6.07, 6.45) is 0.637. The summed E-state index contributed by atoms with van der Waals surface area (Å²) in [6.45, 7) is 2.62. The monoisotopic (exact) mass is 279 g/mol. The average Bonchev–Trinajstić information content (AvgIpc) is 2.79. The highest BCUT2D eigenvalue weighted by Crippen LogP contribution is 2.31. The molecule has 0 bridgehead atoms. The lowest BCUT2D eigenvalue weighted by Crippen LogP contribution is -2.63. The normalized spacial score (nSPS) is 17.5. The highest BCUT2D eigenvalue weighted by atomic mass is 32.1. The maximum Gasteiger partial charge on any atom is 0.264 e. The number of benzene rings is 1. The van der Waals surface area contributed by atoms with Crippen molar-refractivity contribution in [2.75, 3.05) is 13.1 Å². The molecule has 0 saturated carbocycles. The fourth-order valence-electron chi connectivity index (χ4n) is 2.32. The Kier molecular flexibility index (Phi) is 2.83. The second-order valence-electron chi connectivity index (χ2n) is 5.00. The molecule has 1 aromatic carbocycles. The molecule has 3 nitrogen and oxygen atoms in total. The zero-order valence-corrected chi connectivity index (χ0v) is 11.3. The molecule has 0 spiro atoms. The number of amides is 1. The van der Waals surface area contributed by atoms with E-state index in [4.69, 9.17) is 0 Å². The van der Waals surface area contributed by atoms with E-state index in [0.29, 0.717) is 29.8 Å². The summed E-state index contributed by atoms with van der Waals surface area (Å²) < 4.78 is 14.4. The summed E-state index contributed by atoms with van der Waals surface area (Å²) >= 11 is 1.29. The summed E-state index contributed by atoms with van der Waals surface area (Å²) in [7, 11) is 0. The molecule has 19 heavy (non-hydrogen) atoms. The van der Waals surface area contributed by atoms with Crippen molar-refractivity contribution in [2.24, 2.45) is 0 Å². The van der Waals surface area contributed by atoms with Gasteiger partial charge in [-0.1, -0.05) is 13.0 Å². The molecule has 0 atom stereocenters. The van der Waals surface area contributed by atoms with Gasteiger partial charge in [0.05, 0.1) is 23.6 Å². The van der Waals surface area contributed by atoms with Crippen LogP contribution in [0.5, 0.6) is 0 Å². The van der Waals surface area contributed by atoms with E-state index < -0.39 is 5.60 Å². The second-order valence-corrected chi connectivity index (χ2v) is 6.09. The number of nitrogens with zero attached hydrogens (tertiary/aromatic N) is 1. The third kappa shape index (κ3) is 2.03. The van der Waals surface area contributed by atoms with Crippen LogP contribution in [0.3, 0.4) is 0 Å². The van der Waals surface area contributed by atoms with E-state index in [-0.39, 0.29) is 11.7 Å². The minimum Gasteiger partial charge on any atom is -0.386 e. The number of aliphatic hydroxyl groups is 1. The molecule has 2 heterocycles. The predicted octanol–water partition coefficient (Wildman–Crippen LogP) is 2.64. The van der Waals surface area contributed by atoms with Gasteiger partial charge < -0.3 is 10.0 Å². The van der Waals surface area contributed by atoms with E-state index >= 15 is 0 Å². The molecular formula is C14H14FNO2S. The average molecular weight is 279 g/mol. The molecule has 1 N–H and O–H groups in total. The number of carbonyl (C=O) groups is 1. The molecule has 1 aliphatic rings. The van der Waals surface area contributed by atoms with Crippen molar-refractivity contribution in [2.45, 2.75) is 18.9 Å². The quantitative estimate of drug-likeness (QED) is 0.918. The molecule has 0 unspecified atom stereocenters. The van der Waals surface area contributed by atoms with Gasteiger partial charge in [-0.2, -0.15) is 0 Å². The number of thiophene rings is 1. The van der Waals surface area contributed by atoms with Crippen LogP contribution in [0.4, 0.5) is 4.39 Å². The molecule has 2 aromatic rings. The first kappa shape index (κ1) is 12.6. The fourth-order valence-corrected chi connectivity index (χ4v) is 3.36. The number of fused-ring (bicyclic) bond motifs is 1. The van der Waals surface area contributed by atoms with Gasteiger partial charge in [0.1, 0.15) is 5.82 Å². The number of β-amino-alcohol motifs (C(OH)–C–C–N with tert-alkyl or cyclic N) is 1. The van der Waals surface area contributed by atoms with Gasteiger partial charge in [-0.25, -0.2) is 4.39 Å². The Hall–Kier alpha value is -1.46. The molecule has 5 heteroatoms. The molecule has 1 aromatic heterocycles. The molecule has 100 valence electrons. The second kappa shape index (κ2) is 4.28. The van der Waals surface area contributed by atoms with Crippen LogP contribution >= 0.6 is 11.3 Å². The van der Waals surface area contributed by atoms with Crippen LogP contribution in [0, 0.1) is 5.82 Å². The third-order valence-corrected chi connectivity index (χ3v) is 4.72. The number of hydrogen-bond donors (Lipinski definition) is 1. The van der Waals surface area contributed by atoms with E-state index in [1.54, 1.807) is 23.1 Å². The molecule has 1 fully saturated rings. The number of carbonyl (C=O) groups excluding carboxylic acids is 1. The third-order valence-electron chi connectivity index (χ3n) is 3.63. The smallest absolute Gasteiger partial charge is 0.264 e. The van der Waals surface area contributed by atoms with Gasteiger partial charge in [0.25, 0.3) is 5.91 Å². The highest BCUT2D eigenvalue weighted by molar-refractivity contribution is 7.20. The lowest BCUT2D eigenvalue weighted by Gasteiger charge is -2.45. The molecule has 1 amide bonds. The van der Waals surface area contributed by atoms with Gasteiger partial charge in [-0.3, -0.25) is 4.79 Å². The van der Waals surface area contributed by atoms with Crippen LogP contribution in [0.15, 0.2) is 24.3 Å². The Bertz CT molecular complexity index is 646. The zero-order valence-electron chi connectivity index (χ0n) is 10.5. The predicted molar refractivity (Wildman–Crippen MR) is 72.9 cm³/mol. The van der Waals surface area contributed by atoms with Crippen molar-refractivity contribution >= 4 is 27.3 Å². The fraction of sp³-hybridized carbons (Fsp3) is 0.357. The number of hydrogen-bond acceptors (Lipinski definition) is 3. The Morgan fingerprint density at radius 3 is 2.89 bits per heavy atom. The first-order valence-electron chi connectivity index (χ1n) is 6.22. The van der Waals surface area contributed by atoms with Gasteiger partial charge in [0, 0.05) is 10.1 Å². The number of likely N-dealkylation sites (tertiary alicyclic amines) is 1. The van der Waals surface area contributed by atoms with Crippen molar-refractivity contribution in [3.63, 3.8) is 0 Å². The highest BCUT2D eigenvalue weighted by Gasteiger charge is 2.42. The summed E-state index contributed by atoms with van der Waals surface area (Å²) in [4.78, 5) is 14.3. The largest absolute Gasteiger partial charge is 0.386 e. The minimum atomic E-state index is -0.738. The first-order chi connectivity index (χ1) is 9.02. The van der Waals surface area contributed by atoms with Crippen molar-refractivity contribution in [1.29, 1.82) is 0 Å². The lowest BCUT2D eigenvalue weighted by molar-refractivity contribution is -0.0824. The van der Waals surface area contributed by atoms with Gasteiger partial charge in [-0.15, -0.1) is 11.3 Å². The minimum absolute atomic E-state index is 0.126. The molecule has 0 aliphatic carbocycles. The maximum atomic E-state index is 13.6. The van der Waals surface area contributed by atoms with E-state index in [1.807, 2.05) is 6.92 Å². The Morgan fingerprint density at radius 1 is 1.53 bits per heavy atom. The van der Waals surface area contributed by atoms with Crippen LogP contribution in [-0.4, -0.2) is 34.6 Å².